The summed E-state index contributed by atoms with van der Waals surface area (Å²) < 4.78 is 22.4. The number of nitrogens with zero attached hydrogens (tertiary/aromatic N) is 2. The molecule has 0 N–H and O–H groups in total. The first-order valence-corrected chi connectivity index (χ1v) is 6.88. The first-order chi connectivity index (χ1) is 7.21. The van der Waals surface area contributed by atoms with Gasteiger partial charge in [-0.1, -0.05) is 11.6 Å². The van der Waals surface area contributed by atoms with Crippen LogP contribution in [0.1, 0.15) is 18.3 Å². The quantitative estimate of drug-likeness (QED) is 0.576. The third-order valence-corrected chi connectivity index (χ3v) is 3.68. The summed E-state index contributed by atoms with van der Waals surface area (Å²) in [7, 11) is -3.26. The maximum absolute atomic E-state index is 11.2. The van der Waals surface area contributed by atoms with Gasteiger partial charge >= 0.3 is 0 Å². The number of pyridine rings is 1. The lowest BCUT2D eigenvalue weighted by atomic mass is 10.3. The number of sulfone groups is 1. The van der Waals surface area contributed by atoms with Crippen LogP contribution in [0.3, 0.4) is 0 Å². The van der Waals surface area contributed by atoms with Crippen molar-refractivity contribution in [3.8, 4) is 0 Å². The van der Waals surface area contributed by atoms with Gasteiger partial charge in [-0.25, -0.2) is 13.4 Å². The van der Waals surface area contributed by atoms with Crippen molar-refractivity contribution in [3.05, 3.63) is 22.5 Å². The van der Waals surface area contributed by atoms with Gasteiger partial charge in [0.05, 0.1) is 22.1 Å². The number of hydrogen-bond acceptors (Lipinski definition) is 4. The monoisotopic (exact) mass is 260 g/mol. The zero-order chi connectivity index (χ0) is 12.5. The highest BCUT2D eigenvalue weighted by Gasteiger charge is 2.09. The molecule has 0 saturated heterocycles. The maximum atomic E-state index is 11.2. The zero-order valence-electron chi connectivity index (χ0n) is 9.57. The molecule has 0 saturated carbocycles. The van der Waals surface area contributed by atoms with Crippen LogP contribution in [0.2, 0.25) is 5.02 Å². The van der Waals surface area contributed by atoms with E-state index >= 15 is 0 Å². The van der Waals surface area contributed by atoms with Gasteiger partial charge in [0.15, 0.2) is 9.84 Å². The molecular weight excluding hydrogens is 248 g/mol. The molecule has 0 unspecified atom stereocenters. The number of hydrogen-bond donors (Lipinski definition) is 0. The fourth-order valence-electron chi connectivity index (χ4n) is 1.06. The smallest absolute Gasteiger partial charge is 0.188 e. The highest BCUT2D eigenvalue weighted by Crippen LogP contribution is 2.24. The highest BCUT2D eigenvalue weighted by molar-refractivity contribution is 8.05. The number of rotatable bonds is 1. The van der Waals surface area contributed by atoms with Crippen molar-refractivity contribution in [2.24, 2.45) is 4.99 Å². The van der Waals surface area contributed by atoms with Crippen molar-refractivity contribution in [1.29, 1.82) is 0 Å². The molecule has 0 spiro atoms. The van der Waals surface area contributed by atoms with E-state index in [-0.39, 0.29) is 5.04 Å². The van der Waals surface area contributed by atoms with Crippen molar-refractivity contribution >= 4 is 32.2 Å². The summed E-state index contributed by atoms with van der Waals surface area (Å²) in [6.07, 6.45) is 1.12. The molecular formula is C10H13ClN2O2S. The van der Waals surface area contributed by atoms with Crippen molar-refractivity contribution in [2.45, 2.75) is 20.8 Å². The Hall–Kier alpha value is -0.940. The maximum Gasteiger partial charge on any atom is 0.188 e. The van der Waals surface area contributed by atoms with Crippen LogP contribution < -0.4 is 0 Å². The number of aliphatic imine (C=N–C) groups is 1. The van der Waals surface area contributed by atoms with E-state index in [1.165, 1.54) is 6.92 Å². The second kappa shape index (κ2) is 4.51. The zero-order valence-corrected chi connectivity index (χ0v) is 11.1. The lowest BCUT2D eigenvalue weighted by Gasteiger charge is -2.04. The molecule has 88 valence electrons. The SMILES string of the molecule is C/C(=N\c1cc(Cl)c(C)nc1C)S(C)(=O)=O. The van der Waals surface area contributed by atoms with E-state index in [2.05, 4.69) is 9.98 Å². The largest absolute Gasteiger partial charge is 0.255 e. The summed E-state index contributed by atoms with van der Waals surface area (Å²) in [4.78, 5) is 8.19. The second-order valence-electron chi connectivity index (χ2n) is 3.56. The molecule has 16 heavy (non-hydrogen) atoms. The summed E-state index contributed by atoms with van der Waals surface area (Å²) in [6, 6.07) is 1.62. The molecule has 0 atom stereocenters. The molecule has 0 radical (unpaired) electrons. The molecule has 0 aromatic carbocycles. The summed E-state index contributed by atoms with van der Waals surface area (Å²) >= 11 is 5.90. The fraction of sp³-hybridized carbons (Fsp3) is 0.400. The molecule has 0 bridgehead atoms. The van der Waals surface area contributed by atoms with Gasteiger partial charge in [0, 0.05) is 6.26 Å². The van der Waals surface area contributed by atoms with Crippen LogP contribution >= 0.6 is 11.6 Å². The average Bonchev–Trinajstić information content (AvgIpc) is 2.12. The van der Waals surface area contributed by atoms with Crippen LogP contribution in [-0.2, 0) is 9.84 Å². The Kier molecular flexibility index (Phi) is 3.70. The minimum absolute atomic E-state index is 0.0531. The third kappa shape index (κ3) is 3.02. The standard InChI is InChI=1S/C10H13ClN2O2S/c1-6-9(11)5-10(7(2)12-6)13-8(3)16(4,14)15/h5H,1-4H3/b13-8+. The van der Waals surface area contributed by atoms with Gasteiger partial charge in [0.25, 0.3) is 0 Å². The van der Waals surface area contributed by atoms with Crippen LogP contribution in [0.5, 0.6) is 0 Å². The Bertz CT molecular complexity index is 550. The molecule has 0 fully saturated rings. The molecule has 0 amide bonds. The Morgan fingerprint density at radius 1 is 1.38 bits per heavy atom. The molecule has 4 nitrogen and oxygen atoms in total. The van der Waals surface area contributed by atoms with Gasteiger partial charge in [0.2, 0.25) is 0 Å². The van der Waals surface area contributed by atoms with Crippen molar-refractivity contribution in [1.82, 2.24) is 4.98 Å². The molecule has 1 rings (SSSR count). The molecule has 6 heteroatoms. The predicted molar refractivity (Wildman–Crippen MR) is 66.3 cm³/mol. The summed E-state index contributed by atoms with van der Waals surface area (Å²) in [5, 5.41) is 0.531. The van der Waals surface area contributed by atoms with Crippen LogP contribution in [0, 0.1) is 13.8 Å². The van der Waals surface area contributed by atoms with E-state index in [1.54, 1.807) is 19.9 Å². The number of halogens is 1. The Morgan fingerprint density at radius 3 is 2.44 bits per heavy atom. The topological polar surface area (TPSA) is 59.4 Å². The van der Waals surface area contributed by atoms with Gasteiger partial charge < -0.3 is 0 Å². The third-order valence-electron chi connectivity index (χ3n) is 2.13. The van der Waals surface area contributed by atoms with E-state index in [4.69, 9.17) is 11.6 Å². The summed E-state index contributed by atoms with van der Waals surface area (Å²) in [5.74, 6) is 0. The second-order valence-corrected chi connectivity index (χ2v) is 6.11. The normalized spacial score (nSPS) is 12.9. The van der Waals surface area contributed by atoms with E-state index < -0.39 is 9.84 Å². The van der Waals surface area contributed by atoms with Gasteiger partial charge in [0.1, 0.15) is 5.04 Å². The summed E-state index contributed by atoms with van der Waals surface area (Å²) in [5.41, 5.74) is 1.85. The fourth-order valence-corrected chi connectivity index (χ4v) is 1.47. The Morgan fingerprint density at radius 2 is 1.94 bits per heavy atom. The van der Waals surface area contributed by atoms with Gasteiger partial charge in [-0.3, -0.25) is 4.98 Å². The van der Waals surface area contributed by atoms with Crippen LogP contribution in [0.25, 0.3) is 0 Å². The van der Waals surface area contributed by atoms with Gasteiger partial charge in [-0.15, -0.1) is 0 Å². The van der Waals surface area contributed by atoms with E-state index in [1.807, 2.05) is 0 Å². The van der Waals surface area contributed by atoms with Crippen molar-refractivity contribution in [3.63, 3.8) is 0 Å². The van der Waals surface area contributed by atoms with Crippen LogP contribution in [-0.4, -0.2) is 24.7 Å². The van der Waals surface area contributed by atoms with E-state index in [9.17, 15) is 8.42 Å². The Labute approximate surface area is 100 Å². The minimum atomic E-state index is -3.26. The highest BCUT2D eigenvalue weighted by atomic mass is 35.5. The minimum Gasteiger partial charge on any atom is -0.255 e. The number of aryl methyl sites for hydroxylation is 2. The van der Waals surface area contributed by atoms with Crippen molar-refractivity contribution in [2.75, 3.05) is 6.26 Å². The average molecular weight is 261 g/mol. The van der Waals surface area contributed by atoms with Crippen LogP contribution in [0.4, 0.5) is 5.69 Å². The molecule has 1 aromatic heterocycles. The van der Waals surface area contributed by atoms with Gasteiger partial charge in [-0.2, -0.15) is 0 Å². The lowest BCUT2D eigenvalue weighted by molar-refractivity contribution is 0.612. The van der Waals surface area contributed by atoms with Gasteiger partial charge in [-0.05, 0) is 26.8 Å². The Balaban J connectivity index is 3.32. The number of aromatic nitrogens is 1. The first-order valence-electron chi connectivity index (χ1n) is 4.61. The molecule has 0 aliphatic rings. The van der Waals surface area contributed by atoms with Crippen molar-refractivity contribution < 1.29 is 8.42 Å². The van der Waals surface area contributed by atoms with E-state index in [0.29, 0.717) is 22.1 Å². The first kappa shape index (κ1) is 13.1. The molecule has 0 aliphatic carbocycles. The molecule has 0 aliphatic heterocycles. The van der Waals surface area contributed by atoms with Crippen LogP contribution in [0.15, 0.2) is 11.1 Å². The van der Waals surface area contributed by atoms with E-state index in [0.717, 1.165) is 6.26 Å². The lowest BCUT2D eigenvalue weighted by Crippen LogP contribution is -2.07. The summed E-state index contributed by atoms with van der Waals surface area (Å²) in [6.45, 7) is 4.99. The molecule has 1 aromatic rings. The predicted octanol–water partition coefficient (Wildman–Crippen LogP) is 2.45. The molecule has 1 heterocycles.